The summed E-state index contributed by atoms with van der Waals surface area (Å²) in [4.78, 5) is 9.02. The third-order valence-corrected chi connectivity index (χ3v) is 4.05. The van der Waals surface area contributed by atoms with Crippen molar-refractivity contribution >= 4 is 17.6 Å². The topological polar surface area (TPSA) is 61.6 Å². The summed E-state index contributed by atoms with van der Waals surface area (Å²) in [6.07, 6.45) is 2.90. The first-order valence-electron chi connectivity index (χ1n) is 7.28. The first-order chi connectivity index (χ1) is 10.6. The molecule has 0 unspecified atom stereocenters. The normalized spacial score (nSPS) is 11.8. The Bertz CT molecular complexity index is 689. The molecule has 0 saturated heterocycles. The van der Waals surface area contributed by atoms with Crippen molar-refractivity contribution < 1.29 is 0 Å². The number of hydrogen-bond donors (Lipinski definition) is 1. The molecule has 0 saturated carbocycles. The molecule has 1 atom stereocenters. The molecule has 0 fully saturated rings. The Kier molecular flexibility index (Phi) is 5.40. The third-order valence-electron chi connectivity index (χ3n) is 3.50. The molecule has 1 aromatic heterocycles. The number of nitriles is 1. The van der Waals surface area contributed by atoms with Crippen LogP contribution in [0.15, 0.2) is 29.4 Å². The minimum Gasteiger partial charge on any atom is -0.366 e. The minimum atomic E-state index is 0.252. The van der Waals surface area contributed by atoms with E-state index in [-0.39, 0.29) is 6.04 Å². The monoisotopic (exact) mass is 312 g/mol. The summed E-state index contributed by atoms with van der Waals surface area (Å²) >= 11 is 1.48. The van der Waals surface area contributed by atoms with E-state index in [9.17, 15) is 5.26 Å². The van der Waals surface area contributed by atoms with Crippen LogP contribution in [0.25, 0.3) is 11.3 Å². The number of rotatable bonds is 5. The molecule has 0 aliphatic rings. The lowest BCUT2D eigenvalue weighted by atomic mass is 10.1. The molecule has 114 valence electrons. The first kappa shape index (κ1) is 16.3. The van der Waals surface area contributed by atoms with Gasteiger partial charge in [-0.15, -0.1) is 0 Å². The highest BCUT2D eigenvalue weighted by Gasteiger charge is 2.16. The van der Waals surface area contributed by atoms with Crippen molar-refractivity contribution in [3.05, 3.63) is 35.4 Å². The quantitative estimate of drug-likeness (QED) is 0.660. The van der Waals surface area contributed by atoms with Crippen LogP contribution in [-0.2, 0) is 0 Å². The van der Waals surface area contributed by atoms with Crippen molar-refractivity contribution in [2.75, 3.05) is 11.6 Å². The smallest absolute Gasteiger partial charge is 0.189 e. The summed E-state index contributed by atoms with van der Waals surface area (Å²) in [6, 6.07) is 10.6. The molecule has 2 rings (SSSR count). The number of anilines is 1. The lowest BCUT2D eigenvalue weighted by Gasteiger charge is -2.16. The van der Waals surface area contributed by atoms with Crippen LogP contribution in [0.5, 0.6) is 0 Å². The van der Waals surface area contributed by atoms with Crippen molar-refractivity contribution in [3.8, 4) is 17.3 Å². The Morgan fingerprint density at radius 2 is 1.95 bits per heavy atom. The Morgan fingerprint density at radius 3 is 2.50 bits per heavy atom. The largest absolute Gasteiger partial charge is 0.366 e. The number of aromatic nitrogens is 2. The van der Waals surface area contributed by atoms with Gasteiger partial charge in [-0.1, -0.05) is 48.5 Å². The van der Waals surface area contributed by atoms with Crippen LogP contribution in [0.1, 0.15) is 31.4 Å². The van der Waals surface area contributed by atoms with Crippen molar-refractivity contribution in [3.63, 3.8) is 0 Å². The number of nitrogens with one attached hydrogen (secondary N) is 1. The second-order valence-electron chi connectivity index (χ2n) is 5.21. The van der Waals surface area contributed by atoms with Crippen LogP contribution in [-0.4, -0.2) is 22.3 Å². The molecule has 22 heavy (non-hydrogen) atoms. The average molecular weight is 312 g/mol. The summed E-state index contributed by atoms with van der Waals surface area (Å²) in [7, 11) is 0. The van der Waals surface area contributed by atoms with E-state index in [2.05, 4.69) is 35.2 Å². The summed E-state index contributed by atoms with van der Waals surface area (Å²) in [6.45, 7) is 6.22. The van der Waals surface area contributed by atoms with Gasteiger partial charge >= 0.3 is 0 Å². The lowest BCUT2D eigenvalue weighted by molar-refractivity contribution is 0.753. The molecule has 1 N–H and O–H groups in total. The van der Waals surface area contributed by atoms with E-state index in [0.717, 1.165) is 12.0 Å². The molecule has 1 heterocycles. The maximum Gasteiger partial charge on any atom is 0.189 e. The standard InChI is InChI=1S/C17H20N4S/c1-5-12(3)19-16-14(10-18)15(20-17(21-16)22-4)13-8-6-11(2)7-9-13/h6-9,12H,5H2,1-4H3,(H,19,20,21)/t12-/m1/s1. The van der Waals surface area contributed by atoms with E-state index < -0.39 is 0 Å². The maximum atomic E-state index is 9.59. The first-order valence-corrected chi connectivity index (χ1v) is 8.51. The summed E-state index contributed by atoms with van der Waals surface area (Å²) < 4.78 is 0. The van der Waals surface area contributed by atoms with Crippen molar-refractivity contribution in [1.82, 2.24) is 9.97 Å². The highest BCUT2D eigenvalue weighted by molar-refractivity contribution is 7.98. The third kappa shape index (κ3) is 3.58. The molecule has 1 aromatic carbocycles. The molecule has 0 bridgehead atoms. The van der Waals surface area contributed by atoms with Gasteiger partial charge in [-0.05, 0) is 26.5 Å². The Morgan fingerprint density at radius 1 is 1.27 bits per heavy atom. The molecule has 4 nitrogen and oxygen atoms in total. The predicted octanol–water partition coefficient (Wildman–Crippen LogP) is 4.26. The van der Waals surface area contributed by atoms with Gasteiger partial charge in [-0.3, -0.25) is 0 Å². The van der Waals surface area contributed by atoms with E-state index in [1.54, 1.807) is 0 Å². The zero-order valence-corrected chi connectivity index (χ0v) is 14.2. The van der Waals surface area contributed by atoms with E-state index in [1.165, 1.54) is 17.3 Å². The summed E-state index contributed by atoms with van der Waals surface area (Å²) in [5.41, 5.74) is 3.31. The summed E-state index contributed by atoms with van der Waals surface area (Å²) in [5.74, 6) is 0.617. The Labute approximate surface area is 136 Å². The molecule has 0 amide bonds. The number of benzene rings is 1. The van der Waals surface area contributed by atoms with E-state index in [0.29, 0.717) is 22.2 Å². The fraction of sp³-hybridized carbons (Fsp3) is 0.353. The number of thioether (sulfide) groups is 1. The van der Waals surface area contributed by atoms with Gasteiger partial charge in [-0.25, -0.2) is 9.97 Å². The van der Waals surface area contributed by atoms with Crippen LogP contribution >= 0.6 is 11.8 Å². The van der Waals surface area contributed by atoms with Gasteiger partial charge in [0.05, 0.1) is 5.69 Å². The van der Waals surface area contributed by atoms with Gasteiger partial charge in [0.2, 0.25) is 0 Å². The van der Waals surface area contributed by atoms with Crippen molar-refractivity contribution in [2.24, 2.45) is 0 Å². The fourth-order valence-corrected chi connectivity index (χ4v) is 2.36. The lowest BCUT2D eigenvalue weighted by Crippen LogP contribution is -2.16. The van der Waals surface area contributed by atoms with Gasteiger partial charge < -0.3 is 5.32 Å². The predicted molar refractivity (Wildman–Crippen MR) is 92.1 cm³/mol. The van der Waals surface area contributed by atoms with Gasteiger partial charge in [0.15, 0.2) is 5.16 Å². The summed E-state index contributed by atoms with van der Waals surface area (Å²) in [5, 5.41) is 13.6. The average Bonchev–Trinajstić information content (AvgIpc) is 2.54. The van der Waals surface area contributed by atoms with Crippen LogP contribution in [0, 0.1) is 18.3 Å². The van der Waals surface area contributed by atoms with Gasteiger partial charge in [0.1, 0.15) is 17.5 Å². The molecule has 5 heteroatoms. The van der Waals surface area contributed by atoms with Crippen LogP contribution in [0.2, 0.25) is 0 Å². The fourth-order valence-electron chi connectivity index (χ4n) is 2.00. The van der Waals surface area contributed by atoms with Gasteiger partial charge in [0.25, 0.3) is 0 Å². The second-order valence-corrected chi connectivity index (χ2v) is 5.99. The highest BCUT2D eigenvalue weighted by atomic mass is 32.2. The molecule has 0 aliphatic carbocycles. The van der Waals surface area contributed by atoms with E-state index in [4.69, 9.17) is 0 Å². The molecule has 2 aromatic rings. The van der Waals surface area contributed by atoms with Crippen LogP contribution in [0.4, 0.5) is 5.82 Å². The van der Waals surface area contributed by atoms with Crippen molar-refractivity contribution in [2.45, 2.75) is 38.4 Å². The molecular formula is C17H20N4S. The number of nitrogens with zero attached hydrogens (tertiary/aromatic N) is 3. The number of aryl methyl sites for hydroxylation is 1. The molecule has 0 spiro atoms. The zero-order valence-electron chi connectivity index (χ0n) is 13.3. The van der Waals surface area contributed by atoms with Crippen molar-refractivity contribution in [1.29, 1.82) is 5.26 Å². The molecule has 0 aliphatic heterocycles. The maximum absolute atomic E-state index is 9.59. The van der Waals surface area contributed by atoms with Crippen LogP contribution < -0.4 is 5.32 Å². The van der Waals surface area contributed by atoms with E-state index in [1.807, 2.05) is 37.4 Å². The number of hydrogen-bond acceptors (Lipinski definition) is 5. The van der Waals surface area contributed by atoms with Crippen LogP contribution in [0.3, 0.4) is 0 Å². The minimum absolute atomic E-state index is 0.252. The van der Waals surface area contributed by atoms with Gasteiger partial charge in [-0.2, -0.15) is 5.26 Å². The Balaban J connectivity index is 2.59. The second kappa shape index (κ2) is 7.28. The zero-order chi connectivity index (χ0) is 16.1. The SMILES string of the molecule is CC[C@@H](C)Nc1nc(SC)nc(-c2ccc(C)cc2)c1C#N. The van der Waals surface area contributed by atoms with Gasteiger partial charge in [0, 0.05) is 11.6 Å². The molecule has 0 radical (unpaired) electrons. The Hall–Kier alpha value is -2.06. The highest BCUT2D eigenvalue weighted by Crippen LogP contribution is 2.29. The molecular weight excluding hydrogens is 292 g/mol. The van der Waals surface area contributed by atoms with E-state index >= 15 is 0 Å².